The number of nitrogens with zero attached hydrogens (tertiary/aromatic N) is 1. The maximum absolute atomic E-state index is 12.2. The Morgan fingerprint density at radius 1 is 0.875 bits per heavy atom. The van der Waals surface area contributed by atoms with Crippen molar-refractivity contribution in [3.05, 3.63) is 89.0 Å². The highest BCUT2D eigenvalue weighted by atomic mass is 16.5. The summed E-state index contributed by atoms with van der Waals surface area (Å²) in [5.41, 5.74) is 5.82. The van der Waals surface area contributed by atoms with Gasteiger partial charge in [0.05, 0.1) is 18.9 Å². The van der Waals surface area contributed by atoms with Gasteiger partial charge in [-0.3, -0.25) is 4.79 Å². The molecule has 3 aromatic rings. The molecule has 1 N–H and O–H groups in total. The number of aryl methyl sites for hydroxylation is 2. The number of carbonyl (C=O) groups excluding carboxylic acids is 2. The quantitative estimate of drug-likeness (QED) is 0.251. The molecule has 7 nitrogen and oxygen atoms in total. The Labute approximate surface area is 186 Å². The number of hydrazone groups is 1. The van der Waals surface area contributed by atoms with Gasteiger partial charge in [-0.15, -0.1) is 0 Å². The minimum absolute atomic E-state index is 0.139. The largest absolute Gasteiger partial charge is 0.497 e. The molecule has 164 valence electrons. The summed E-state index contributed by atoms with van der Waals surface area (Å²) in [6.45, 7) is 3.86. The van der Waals surface area contributed by atoms with Gasteiger partial charge in [-0.2, -0.15) is 5.10 Å². The van der Waals surface area contributed by atoms with E-state index in [-0.39, 0.29) is 12.5 Å². The van der Waals surface area contributed by atoms with Gasteiger partial charge in [0, 0.05) is 0 Å². The predicted octanol–water partition coefficient (Wildman–Crippen LogP) is 4.06. The summed E-state index contributed by atoms with van der Waals surface area (Å²) in [4.78, 5) is 24.1. The predicted molar refractivity (Wildman–Crippen MR) is 122 cm³/mol. The molecule has 0 aliphatic carbocycles. The van der Waals surface area contributed by atoms with Gasteiger partial charge in [0.2, 0.25) is 0 Å². The zero-order valence-electron chi connectivity index (χ0n) is 18.1. The lowest BCUT2D eigenvalue weighted by atomic mass is 10.1. The molecule has 0 bridgehead atoms. The molecule has 0 aliphatic rings. The summed E-state index contributed by atoms with van der Waals surface area (Å²) in [5.74, 6) is 0.851. The van der Waals surface area contributed by atoms with Crippen molar-refractivity contribution >= 4 is 18.1 Å². The molecule has 0 radical (unpaired) electrons. The first-order valence-corrected chi connectivity index (χ1v) is 9.93. The maximum Gasteiger partial charge on any atom is 0.343 e. The molecule has 0 saturated heterocycles. The molecule has 1 amide bonds. The van der Waals surface area contributed by atoms with E-state index in [9.17, 15) is 9.59 Å². The lowest BCUT2D eigenvalue weighted by molar-refractivity contribution is -0.123. The second-order valence-corrected chi connectivity index (χ2v) is 7.01. The first kappa shape index (κ1) is 22.6. The molecule has 0 unspecified atom stereocenters. The van der Waals surface area contributed by atoms with E-state index in [1.54, 1.807) is 55.6 Å². The molecule has 0 heterocycles. The second-order valence-electron chi connectivity index (χ2n) is 7.01. The van der Waals surface area contributed by atoms with E-state index in [2.05, 4.69) is 10.5 Å². The fraction of sp³-hybridized carbons (Fsp3) is 0.160. The number of carbonyl (C=O) groups is 2. The fourth-order valence-corrected chi connectivity index (χ4v) is 2.68. The monoisotopic (exact) mass is 432 g/mol. The number of esters is 1. The molecule has 0 atom stereocenters. The van der Waals surface area contributed by atoms with Gasteiger partial charge in [-0.1, -0.05) is 6.07 Å². The highest BCUT2D eigenvalue weighted by Gasteiger charge is 2.08. The molecule has 7 heteroatoms. The van der Waals surface area contributed by atoms with Crippen LogP contribution in [-0.2, 0) is 4.79 Å². The molecule has 32 heavy (non-hydrogen) atoms. The number of benzene rings is 3. The SMILES string of the molecule is COc1ccc(C(=O)Oc2ccc(C=NNC(=O)COc3ccc(C)c(C)c3)cc2)cc1. The summed E-state index contributed by atoms with van der Waals surface area (Å²) in [7, 11) is 1.56. The van der Waals surface area contributed by atoms with E-state index in [0.717, 1.165) is 16.7 Å². The van der Waals surface area contributed by atoms with Crippen LogP contribution in [0.1, 0.15) is 27.0 Å². The highest BCUT2D eigenvalue weighted by molar-refractivity contribution is 5.91. The molecule has 0 saturated carbocycles. The lowest BCUT2D eigenvalue weighted by Gasteiger charge is -2.07. The Morgan fingerprint density at radius 2 is 1.53 bits per heavy atom. The molecule has 0 aliphatic heterocycles. The average molecular weight is 432 g/mol. The van der Waals surface area contributed by atoms with Crippen LogP contribution in [0.25, 0.3) is 0 Å². The summed E-state index contributed by atoms with van der Waals surface area (Å²) in [5, 5.41) is 3.92. The van der Waals surface area contributed by atoms with Crippen molar-refractivity contribution in [1.29, 1.82) is 0 Å². The Balaban J connectivity index is 1.46. The third-order valence-electron chi connectivity index (χ3n) is 4.67. The molecular formula is C25H24N2O5. The van der Waals surface area contributed by atoms with Crippen LogP contribution >= 0.6 is 0 Å². The molecular weight excluding hydrogens is 408 g/mol. The van der Waals surface area contributed by atoms with Crippen molar-refractivity contribution in [2.24, 2.45) is 5.10 Å². The zero-order valence-corrected chi connectivity index (χ0v) is 18.1. The van der Waals surface area contributed by atoms with Gasteiger partial charge in [-0.25, -0.2) is 10.2 Å². The minimum atomic E-state index is -0.467. The normalized spacial score (nSPS) is 10.6. The van der Waals surface area contributed by atoms with Crippen molar-refractivity contribution in [3.8, 4) is 17.2 Å². The minimum Gasteiger partial charge on any atom is -0.497 e. The third kappa shape index (κ3) is 6.43. The molecule has 0 fully saturated rings. The smallest absolute Gasteiger partial charge is 0.343 e. The van der Waals surface area contributed by atoms with Crippen LogP contribution in [0.15, 0.2) is 71.8 Å². The highest BCUT2D eigenvalue weighted by Crippen LogP contribution is 2.17. The van der Waals surface area contributed by atoms with Crippen LogP contribution in [0.2, 0.25) is 0 Å². The first-order chi connectivity index (χ1) is 15.4. The summed E-state index contributed by atoms with van der Waals surface area (Å²) in [6, 6.07) is 19.0. The first-order valence-electron chi connectivity index (χ1n) is 9.93. The fourth-order valence-electron chi connectivity index (χ4n) is 2.68. The number of hydrogen-bond acceptors (Lipinski definition) is 6. The van der Waals surface area contributed by atoms with Crippen LogP contribution in [0.4, 0.5) is 0 Å². The Bertz CT molecular complexity index is 1110. The number of ether oxygens (including phenoxy) is 3. The topological polar surface area (TPSA) is 86.2 Å². The standard InChI is InChI=1S/C25H24N2O5/c1-17-4-9-23(14-18(17)2)31-16-24(28)27-26-15-19-5-10-22(11-6-19)32-25(29)20-7-12-21(30-3)13-8-20/h4-15H,16H2,1-3H3,(H,27,28). The number of amides is 1. The summed E-state index contributed by atoms with van der Waals surface area (Å²) < 4.78 is 15.9. The number of methoxy groups -OCH3 is 1. The van der Waals surface area contributed by atoms with E-state index >= 15 is 0 Å². The lowest BCUT2D eigenvalue weighted by Crippen LogP contribution is -2.24. The van der Waals surface area contributed by atoms with Crippen molar-refractivity contribution in [2.45, 2.75) is 13.8 Å². The van der Waals surface area contributed by atoms with Gasteiger partial charge < -0.3 is 14.2 Å². The van der Waals surface area contributed by atoms with Gasteiger partial charge in [0.15, 0.2) is 6.61 Å². The molecule has 3 aromatic carbocycles. The Hall–Kier alpha value is -4.13. The summed E-state index contributed by atoms with van der Waals surface area (Å²) >= 11 is 0. The molecule has 0 spiro atoms. The van der Waals surface area contributed by atoms with Crippen LogP contribution < -0.4 is 19.6 Å². The van der Waals surface area contributed by atoms with Gasteiger partial charge in [0.1, 0.15) is 17.2 Å². The van der Waals surface area contributed by atoms with E-state index in [1.165, 1.54) is 6.21 Å². The second kappa shape index (κ2) is 10.8. The van der Waals surface area contributed by atoms with Crippen LogP contribution in [0.5, 0.6) is 17.2 Å². The van der Waals surface area contributed by atoms with Crippen molar-refractivity contribution in [3.63, 3.8) is 0 Å². The van der Waals surface area contributed by atoms with Crippen molar-refractivity contribution in [2.75, 3.05) is 13.7 Å². The Morgan fingerprint density at radius 3 is 2.19 bits per heavy atom. The van der Waals surface area contributed by atoms with E-state index in [0.29, 0.717) is 22.8 Å². The number of rotatable bonds is 8. The number of hydrogen-bond donors (Lipinski definition) is 1. The van der Waals surface area contributed by atoms with Crippen LogP contribution in [0.3, 0.4) is 0 Å². The van der Waals surface area contributed by atoms with Crippen LogP contribution in [-0.4, -0.2) is 31.8 Å². The molecule has 3 rings (SSSR count). The van der Waals surface area contributed by atoms with Crippen LogP contribution in [0, 0.1) is 13.8 Å². The van der Waals surface area contributed by atoms with E-state index in [4.69, 9.17) is 14.2 Å². The number of nitrogens with one attached hydrogen (secondary N) is 1. The van der Waals surface area contributed by atoms with E-state index in [1.807, 2.05) is 32.0 Å². The summed E-state index contributed by atoms with van der Waals surface area (Å²) in [6.07, 6.45) is 1.49. The van der Waals surface area contributed by atoms with Crippen molar-refractivity contribution in [1.82, 2.24) is 5.43 Å². The van der Waals surface area contributed by atoms with E-state index < -0.39 is 5.97 Å². The maximum atomic E-state index is 12.2. The Kier molecular flexibility index (Phi) is 7.59. The van der Waals surface area contributed by atoms with Gasteiger partial charge >= 0.3 is 5.97 Å². The van der Waals surface area contributed by atoms with Gasteiger partial charge in [0.25, 0.3) is 5.91 Å². The zero-order chi connectivity index (χ0) is 22.9. The average Bonchev–Trinajstić information content (AvgIpc) is 2.81. The third-order valence-corrected chi connectivity index (χ3v) is 4.67. The van der Waals surface area contributed by atoms with Gasteiger partial charge in [-0.05, 0) is 91.2 Å². The van der Waals surface area contributed by atoms with Crippen molar-refractivity contribution < 1.29 is 23.8 Å². The molecule has 0 aromatic heterocycles.